The molecule has 28 heavy (non-hydrogen) atoms. The predicted molar refractivity (Wildman–Crippen MR) is 102 cm³/mol. The van der Waals surface area contributed by atoms with Gasteiger partial charge in [0.25, 0.3) is 0 Å². The van der Waals surface area contributed by atoms with Gasteiger partial charge in [-0.15, -0.1) is 0 Å². The van der Waals surface area contributed by atoms with Gasteiger partial charge in [-0.3, -0.25) is 4.79 Å². The number of aliphatic carboxylic acids is 1. The lowest BCUT2D eigenvalue weighted by Crippen LogP contribution is -2.45. The number of carbonyl (C=O) groups excluding carboxylic acids is 1. The van der Waals surface area contributed by atoms with E-state index in [1.807, 2.05) is 30.3 Å². The summed E-state index contributed by atoms with van der Waals surface area (Å²) in [5, 5.41) is 9.24. The van der Waals surface area contributed by atoms with E-state index < -0.39 is 23.9 Å². The monoisotopic (exact) mass is 398 g/mol. The number of Topliss-reactive ketones (excluding diaryl/α,β-unsaturated/α-hetero) is 1. The summed E-state index contributed by atoms with van der Waals surface area (Å²) in [4.78, 5) is 23.6. The zero-order valence-corrected chi connectivity index (χ0v) is 16.0. The van der Waals surface area contributed by atoms with Gasteiger partial charge in [-0.2, -0.15) is 0 Å². The molecular weight excluding hydrogens is 368 g/mol. The number of ether oxygens (including phenoxy) is 4. The summed E-state index contributed by atoms with van der Waals surface area (Å²) in [5.74, 6) is -2.04. The van der Waals surface area contributed by atoms with Crippen molar-refractivity contribution in [3.8, 4) is 0 Å². The van der Waals surface area contributed by atoms with Gasteiger partial charge < -0.3 is 35.5 Å². The molecule has 0 spiro atoms. The number of nitrogens with two attached hydrogens (primary N) is 2. The molecule has 0 heterocycles. The second kappa shape index (κ2) is 15.1. The van der Waals surface area contributed by atoms with Gasteiger partial charge in [-0.1, -0.05) is 30.3 Å². The topological polar surface area (TPSA) is 143 Å². The average Bonchev–Trinajstić information content (AvgIpc) is 2.69. The van der Waals surface area contributed by atoms with Crippen LogP contribution in [0.4, 0.5) is 0 Å². The van der Waals surface area contributed by atoms with Crippen LogP contribution < -0.4 is 11.5 Å². The Labute approximate surface area is 164 Å². The summed E-state index contributed by atoms with van der Waals surface area (Å²) >= 11 is 0. The van der Waals surface area contributed by atoms with Gasteiger partial charge in [0.1, 0.15) is 0 Å². The number of carboxylic acids is 1. The first-order valence-electron chi connectivity index (χ1n) is 9.17. The standard InChI is InChI=1S/C19H30N2O7/c20-6-7-25-8-9-26-10-11-27-12-13-28-18(19(23)24)17(22)16(21)14-15-4-2-1-3-5-15/h1-5,16,18H,6-14,20-21H2,(H,23,24)/t16-,18?/m0/s1. The second-order valence-electron chi connectivity index (χ2n) is 5.91. The van der Waals surface area contributed by atoms with E-state index in [1.165, 1.54) is 0 Å². The van der Waals surface area contributed by atoms with Crippen LogP contribution in [0.5, 0.6) is 0 Å². The summed E-state index contributed by atoms with van der Waals surface area (Å²) in [7, 11) is 0. The highest BCUT2D eigenvalue weighted by molar-refractivity contribution is 6.03. The number of carbonyl (C=O) groups is 2. The molecular formula is C19H30N2O7. The zero-order valence-electron chi connectivity index (χ0n) is 16.0. The normalized spacial score (nSPS) is 13.2. The molecule has 9 nitrogen and oxygen atoms in total. The molecule has 0 bridgehead atoms. The quantitative estimate of drug-likeness (QED) is 0.236. The molecule has 2 atom stereocenters. The number of rotatable bonds is 17. The van der Waals surface area contributed by atoms with Crippen molar-refractivity contribution in [1.29, 1.82) is 0 Å². The van der Waals surface area contributed by atoms with E-state index in [-0.39, 0.29) is 19.6 Å². The number of hydrogen-bond acceptors (Lipinski definition) is 8. The van der Waals surface area contributed by atoms with Crippen LogP contribution >= 0.6 is 0 Å². The first kappa shape index (κ1) is 24.2. The summed E-state index contributed by atoms with van der Waals surface area (Å²) in [6.45, 7) is 2.66. The van der Waals surface area contributed by atoms with Crippen LogP contribution in [-0.2, 0) is 35.0 Å². The Morgan fingerprint density at radius 3 is 1.96 bits per heavy atom. The Morgan fingerprint density at radius 2 is 1.43 bits per heavy atom. The summed E-state index contributed by atoms with van der Waals surface area (Å²) in [6, 6.07) is 8.19. The van der Waals surface area contributed by atoms with Gasteiger partial charge >= 0.3 is 5.97 Å². The maximum Gasteiger partial charge on any atom is 0.340 e. The summed E-state index contributed by atoms with van der Waals surface area (Å²) < 4.78 is 20.9. The van der Waals surface area contributed by atoms with E-state index in [0.717, 1.165) is 5.56 Å². The highest BCUT2D eigenvalue weighted by atomic mass is 16.6. The van der Waals surface area contributed by atoms with Crippen LogP contribution in [0.15, 0.2) is 30.3 Å². The predicted octanol–water partition coefficient (Wildman–Crippen LogP) is -0.396. The molecule has 5 N–H and O–H groups in total. The molecule has 0 saturated carbocycles. The minimum atomic E-state index is -1.61. The minimum absolute atomic E-state index is 0.0413. The van der Waals surface area contributed by atoms with Crippen LogP contribution in [0.3, 0.4) is 0 Å². The van der Waals surface area contributed by atoms with Crippen molar-refractivity contribution in [2.24, 2.45) is 11.5 Å². The van der Waals surface area contributed by atoms with E-state index in [9.17, 15) is 14.7 Å². The Bertz CT molecular complexity index is 556. The minimum Gasteiger partial charge on any atom is -0.479 e. The highest BCUT2D eigenvalue weighted by Gasteiger charge is 2.31. The maximum atomic E-state index is 12.3. The van der Waals surface area contributed by atoms with Gasteiger partial charge in [-0.05, 0) is 12.0 Å². The molecule has 0 saturated heterocycles. The van der Waals surface area contributed by atoms with Crippen LogP contribution in [0.25, 0.3) is 0 Å². The molecule has 0 aliphatic rings. The van der Waals surface area contributed by atoms with E-state index in [0.29, 0.717) is 39.6 Å². The molecule has 0 amide bonds. The first-order chi connectivity index (χ1) is 13.6. The van der Waals surface area contributed by atoms with Gasteiger partial charge in [0, 0.05) is 6.54 Å². The highest BCUT2D eigenvalue weighted by Crippen LogP contribution is 2.06. The van der Waals surface area contributed by atoms with E-state index in [1.54, 1.807) is 0 Å². The van der Waals surface area contributed by atoms with Crippen LogP contribution in [0.2, 0.25) is 0 Å². The van der Waals surface area contributed by atoms with Crippen LogP contribution in [0.1, 0.15) is 5.56 Å². The van der Waals surface area contributed by atoms with Gasteiger partial charge in [0.2, 0.25) is 6.10 Å². The van der Waals surface area contributed by atoms with E-state index in [4.69, 9.17) is 30.4 Å². The SMILES string of the molecule is NCCOCCOCCOCCOC(C(=O)O)C(=O)[C@@H](N)Cc1ccccc1. The lowest BCUT2D eigenvalue weighted by molar-refractivity contribution is -0.158. The molecule has 1 aromatic carbocycles. The Hall–Kier alpha value is -1.88. The van der Waals surface area contributed by atoms with Crippen LogP contribution in [-0.4, -0.2) is 81.8 Å². The van der Waals surface area contributed by atoms with Crippen molar-refractivity contribution in [3.63, 3.8) is 0 Å². The molecule has 158 valence electrons. The Kier molecular flexibility index (Phi) is 13.0. The van der Waals surface area contributed by atoms with Gasteiger partial charge in [-0.25, -0.2) is 4.79 Å². The van der Waals surface area contributed by atoms with Crippen molar-refractivity contribution in [2.75, 3.05) is 52.8 Å². The Balaban J connectivity index is 2.20. The third kappa shape index (κ3) is 10.5. The molecule has 0 aromatic heterocycles. The fourth-order valence-electron chi connectivity index (χ4n) is 2.29. The largest absolute Gasteiger partial charge is 0.479 e. The summed E-state index contributed by atoms with van der Waals surface area (Å²) in [5.41, 5.74) is 12.0. The summed E-state index contributed by atoms with van der Waals surface area (Å²) in [6.07, 6.45) is -1.37. The van der Waals surface area contributed by atoms with Crippen molar-refractivity contribution in [1.82, 2.24) is 0 Å². The fraction of sp³-hybridized carbons (Fsp3) is 0.579. The van der Waals surface area contributed by atoms with Crippen molar-refractivity contribution in [3.05, 3.63) is 35.9 Å². The molecule has 1 unspecified atom stereocenters. The van der Waals surface area contributed by atoms with E-state index in [2.05, 4.69) is 0 Å². The van der Waals surface area contributed by atoms with Gasteiger partial charge in [0.05, 0.1) is 52.3 Å². The van der Waals surface area contributed by atoms with Crippen LogP contribution in [0, 0.1) is 0 Å². The van der Waals surface area contributed by atoms with Gasteiger partial charge in [0.15, 0.2) is 5.78 Å². The lowest BCUT2D eigenvalue weighted by atomic mass is 10.00. The number of hydrogen-bond donors (Lipinski definition) is 3. The number of carboxylic acid groups (broad SMARTS) is 1. The number of ketones is 1. The lowest BCUT2D eigenvalue weighted by Gasteiger charge is -2.17. The molecule has 9 heteroatoms. The first-order valence-corrected chi connectivity index (χ1v) is 9.17. The zero-order chi connectivity index (χ0) is 20.6. The van der Waals surface area contributed by atoms with Crippen molar-refractivity contribution < 1.29 is 33.6 Å². The van der Waals surface area contributed by atoms with E-state index >= 15 is 0 Å². The second-order valence-corrected chi connectivity index (χ2v) is 5.91. The molecule has 0 aliphatic heterocycles. The number of benzene rings is 1. The molecule has 1 aromatic rings. The average molecular weight is 398 g/mol. The fourth-order valence-corrected chi connectivity index (χ4v) is 2.29. The molecule has 0 fully saturated rings. The third-order valence-corrected chi connectivity index (χ3v) is 3.66. The Morgan fingerprint density at radius 1 is 0.893 bits per heavy atom. The molecule has 1 rings (SSSR count). The maximum absolute atomic E-state index is 12.3. The van der Waals surface area contributed by atoms with Crippen molar-refractivity contribution >= 4 is 11.8 Å². The molecule has 0 radical (unpaired) electrons. The molecule has 0 aliphatic carbocycles. The third-order valence-electron chi connectivity index (χ3n) is 3.66. The smallest absolute Gasteiger partial charge is 0.340 e. The van der Waals surface area contributed by atoms with Crippen molar-refractivity contribution in [2.45, 2.75) is 18.6 Å².